The van der Waals surface area contributed by atoms with Gasteiger partial charge in [0.25, 0.3) is 0 Å². The second-order valence-corrected chi connectivity index (χ2v) is 15.4. The lowest BCUT2D eigenvalue weighted by molar-refractivity contribution is -0.159. The Balaban J connectivity index is 4.31. The molecule has 0 radical (unpaired) electrons. The third kappa shape index (κ3) is 38.1. The van der Waals surface area contributed by atoms with Crippen molar-refractivity contribution >= 4 is 17.8 Å². The number of hydrogen-bond donors (Lipinski definition) is 1. The number of nitrogens with one attached hydrogen (secondary N) is 1. The van der Waals surface area contributed by atoms with Gasteiger partial charge in [0.05, 0.1) is 6.54 Å². The standard InChI is InChI=1S/C47H88N2O5/c1-5-9-11-13-15-17-19-21-23-25-27-29-31-33-35-39-46(51)53-43-44(42-48-45(50)38-37-41-49(7-3)8-4)54-47(52)40-36-34-32-30-28-26-24-22-20-18-16-14-12-10-6-2/h21-24,44H,5-20,25-43H2,1-4H3,(H,48,50). The maximum Gasteiger partial charge on any atom is 0.306 e. The van der Waals surface area contributed by atoms with Gasteiger partial charge in [-0.25, -0.2) is 0 Å². The Hall–Kier alpha value is -2.15. The first kappa shape index (κ1) is 51.9. The fourth-order valence-corrected chi connectivity index (χ4v) is 6.64. The third-order valence-corrected chi connectivity index (χ3v) is 10.3. The van der Waals surface area contributed by atoms with Crippen molar-refractivity contribution in [2.24, 2.45) is 0 Å². The molecule has 0 aromatic heterocycles. The van der Waals surface area contributed by atoms with Gasteiger partial charge in [0.2, 0.25) is 5.91 Å². The molecule has 0 saturated heterocycles. The largest absolute Gasteiger partial charge is 0.462 e. The zero-order valence-electron chi connectivity index (χ0n) is 36.1. The fourth-order valence-electron chi connectivity index (χ4n) is 6.64. The molecule has 7 nitrogen and oxygen atoms in total. The quantitative estimate of drug-likeness (QED) is 0.0379. The number of carbonyl (C=O) groups excluding carboxylic acids is 3. The van der Waals surface area contributed by atoms with Gasteiger partial charge in [0.15, 0.2) is 6.10 Å². The SMILES string of the molecule is CCCCCCCCC=CCCCCCCCC(=O)OCC(CNC(=O)CCCN(CC)CC)OC(=O)CCCCCCCC=CCCCCCCCC. The number of ether oxygens (including phenoxy) is 2. The summed E-state index contributed by atoms with van der Waals surface area (Å²) in [5.41, 5.74) is 0. The summed E-state index contributed by atoms with van der Waals surface area (Å²) < 4.78 is 11.3. The third-order valence-electron chi connectivity index (χ3n) is 10.3. The first-order chi connectivity index (χ1) is 26.5. The number of amides is 1. The summed E-state index contributed by atoms with van der Waals surface area (Å²) in [5.74, 6) is -0.627. The molecule has 0 saturated carbocycles. The zero-order valence-corrected chi connectivity index (χ0v) is 36.1. The number of unbranched alkanes of at least 4 members (excludes halogenated alkanes) is 22. The van der Waals surface area contributed by atoms with Crippen LogP contribution in [0.4, 0.5) is 0 Å². The second-order valence-electron chi connectivity index (χ2n) is 15.4. The van der Waals surface area contributed by atoms with Gasteiger partial charge in [-0.1, -0.05) is 155 Å². The summed E-state index contributed by atoms with van der Waals surface area (Å²) in [4.78, 5) is 40.1. The van der Waals surface area contributed by atoms with E-state index in [2.05, 4.69) is 62.2 Å². The summed E-state index contributed by atoms with van der Waals surface area (Å²) in [7, 11) is 0. The Morgan fingerprint density at radius 3 is 1.35 bits per heavy atom. The van der Waals surface area contributed by atoms with E-state index in [4.69, 9.17) is 9.47 Å². The summed E-state index contributed by atoms with van der Waals surface area (Å²) >= 11 is 0. The molecule has 0 aliphatic rings. The molecule has 0 bridgehead atoms. The van der Waals surface area contributed by atoms with Gasteiger partial charge < -0.3 is 19.7 Å². The minimum absolute atomic E-state index is 0.0260. The lowest BCUT2D eigenvalue weighted by atomic mass is 10.1. The molecule has 0 aromatic rings. The van der Waals surface area contributed by atoms with Crippen molar-refractivity contribution in [2.75, 3.05) is 32.8 Å². The molecule has 0 aliphatic carbocycles. The van der Waals surface area contributed by atoms with Crippen molar-refractivity contribution in [1.29, 1.82) is 0 Å². The molecule has 0 rings (SSSR count). The lowest BCUT2D eigenvalue weighted by Crippen LogP contribution is -2.38. The Kier molecular flexibility index (Phi) is 40.3. The van der Waals surface area contributed by atoms with Crippen LogP contribution in [0, 0.1) is 0 Å². The van der Waals surface area contributed by atoms with E-state index in [1.54, 1.807) is 0 Å². The van der Waals surface area contributed by atoms with Gasteiger partial charge in [-0.2, -0.15) is 0 Å². The topological polar surface area (TPSA) is 84.9 Å². The predicted molar refractivity (Wildman–Crippen MR) is 230 cm³/mol. The maximum atomic E-state index is 12.7. The van der Waals surface area contributed by atoms with Crippen molar-refractivity contribution in [3.8, 4) is 0 Å². The van der Waals surface area contributed by atoms with E-state index < -0.39 is 6.10 Å². The Labute approximate surface area is 334 Å². The molecular formula is C47H88N2O5. The van der Waals surface area contributed by atoms with Crippen LogP contribution < -0.4 is 5.32 Å². The molecule has 0 fully saturated rings. The number of hydrogen-bond acceptors (Lipinski definition) is 6. The molecular weight excluding hydrogens is 673 g/mol. The molecule has 0 heterocycles. The smallest absolute Gasteiger partial charge is 0.306 e. The number of allylic oxidation sites excluding steroid dienone is 4. The van der Waals surface area contributed by atoms with E-state index in [9.17, 15) is 14.4 Å². The lowest BCUT2D eigenvalue weighted by Gasteiger charge is -2.20. The zero-order chi connectivity index (χ0) is 39.6. The van der Waals surface area contributed by atoms with Crippen molar-refractivity contribution in [3.63, 3.8) is 0 Å². The highest BCUT2D eigenvalue weighted by Crippen LogP contribution is 2.13. The van der Waals surface area contributed by atoms with Crippen LogP contribution in [0.15, 0.2) is 24.3 Å². The van der Waals surface area contributed by atoms with E-state index in [0.717, 1.165) is 77.4 Å². The summed E-state index contributed by atoms with van der Waals surface area (Å²) in [5, 5.41) is 2.91. The highest BCUT2D eigenvalue weighted by molar-refractivity contribution is 5.76. The number of rotatable bonds is 41. The van der Waals surface area contributed by atoms with Gasteiger partial charge in [-0.05, 0) is 90.3 Å². The van der Waals surface area contributed by atoms with Crippen LogP contribution in [0.5, 0.6) is 0 Å². The normalized spacial score (nSPS) is 12.2. The molecule has 0 aromatic carbocycles. The van der Waals surface area contributed by atoms with E-state index in [0.29, 0.717) is 19.3 Å². The number of esters is 2. The summed E-state index contributed by atoms with van der Waals surface area (Å²) in [6.07, 6.45) is 42.0. The molecule has 1 atom stereocenters. The van der Waals surface area contributed by atoms with Crippen LogP contribution in [0.2, 0.25) is 0 Å². The van der Waals surface area contributed by atoms with E-state index >= 15 is 0 Å². The Morgan fingerprint density at radius 2 is 0.907 bits per heavy atom. The van der Waals surface area contributed by atoms with Crippen molar-refractivity contribution < 1.29 is 23.9 Å². The molecule has 316 valence electrons. The molecule has 54 heavy (non-hydrogen) atoms. The Bertz CT molecular complexity index is 901. The van der Waals surface area contributed by atoms with Crippen LogP contribution in [0.25, 0.3) is 0 Å². The number of carbonyl (C=O) groups is 3. The van der Waals surface area contributed by atoms with Crippen LogP contribution in [-0.2, 0) is 23.9 Å². The van der Waals surface area contributed by atoms with Crippen molar-refractivity contribution in [3.05, 3.63) is 24.3 Å². The van der Waals surface area contributed by atoms with Crippen molar-refractivity contribution in [2.45, 2.75) is 226 Å². The van der Waals surface area contributed by atoms with E-state index in [1.165, 1.54) is 116 Å². The monoisotopic (exact) mass is 761 g/mol. The molecule has 1 amide bonds. The highest BCUT2D eigenvalue weighted by atomic mass is 16.6. The molecule has 0 aliphatic heterocycles. The minimum atomic E-state index is -0.676. The number of nitrogens with zero attached hydrogens (tertiary/aromatic N) is 1. The van der Waals surface area contributed by atoms with Gasteiger partial charge in [-0.15, -0.1) is 0 Å². The Morgan fingerprint density at radius 1 is 0.500 bits per heavy atom. The minimum Gasteiger partial charge on any atom is -0.462 e. The van der Waals surface area contributed by atoms with Gasteiger partial charge in [-0.3, -0.25) is 14.4 Å². The van der Waals surface area contributed by atoms with E-state index in [1.807, 2.05) is 0 Å². The second kappa shape index (κ2) is 42.0. The molecule has 0 spiro atoms. The average Bonchev–Trinajstić information content (AvgIpc) is 3.17. The van der Waals surface area contributed by atoms with Crippen LogP contribution in [-0.4, -0.2) is 61.6 Å². The van der Waals surface area contributed by atoms with Gasteiger partial charge in [0.1, 0.15) is 6.61 Å². The summed E-state index contributed by atoms with van der Waals surface area (Å²) in [6.45, 7) is 11.7. The predicted octanol–water partition coefficient (Wildman–Crippen LogP) is 12.8. The van der Waals surface area contributed by atoms with Gasteiger partial charge >= 0.3 is 11.9 Å². The first-order valence-electron chi connectivity index (χ1n) is 23.1. The average molecular weight is 761 g/mol. The van der Waals surface area contributed by atoms with E-state index in [-0.39, 0.29) is 31.0 Å². The maximum absolute atomic E-state index is 12.7. The van der Waals surface area contributed by atoms with Crippen LogP contribution in [0.1, 0.15) is 220 Å². The molecule has 7 heteroatoms. The summed E-state index contributed by atoms with van der Waals surface area (Å²) in [6, 6.07) is 0. The van der Waals surface area contributed by atoms with Crippen LogP contribution in [0.3, 0.4) is 0 Å². The first-order valence-corrected chi connectivity index (χ1v) is 23.1. The van der Waals surface area contributed by atoms with Crippen LogP contribution >= 0.6 is 0 Å². The molecule has 1 unspecified atom stereocenters. The fraction of sp³-hybridized carbons (Fsp3) is 0.851. The molecule has 1 N–H and O–H groups in total. The highest BCUT2D eigenvalue weighted by Gasteiger charge is 2.18. The van der Waals surface area contributed by atoms with Crippen molar-refractivity contribution in [1.82, 2.24) is 10.2 Å². The van der Waals surface area contributed by atoms with Gasteiger partial charge in [0, 0.05) is 19.3 Å².